The number of amides is 2. The Hall–Kier alpha value is -3.18. The van der Waals surface area contributed by atoms with Gasteiger partial charge in [0.15, 0.2) is 0 Å². The quantitative estimate of drug-likeness (QED) is 0.697. The second-order valence-corrected chi connectivity index (χ2v) is 7.62. The molecule has 2 bridgehead atoms. The van der Waals surface area contributed by atoms with E-state index in [0.29, 0.717) is 5.92 Å². The molecule has 1 unspecified atom stereocenters. The van der Waals surface area contributed by atoms with Crippen molar-refractivity contribution in [2.24, 2.45) is 0 Å². The minimum Gasteiger partial charge on any atom is -0.315 e. The molecule has 3 aromatic carbocycles. The third-order valence-electron chi connectivity index (χ3n) is 6.00. The van der Waals surface area contributed by atoms with E-state index in [0.717, 1.165) is 13.1 Å². The zero-order valence-electron chi connectivity index (χ0n) is 15.9. The summed E-state index contributed by atoms with van der Waals surface area (Å²) in [5.74, 6) is -0.120. The molecule has 2 aliphatic heterocycles. The van der Waals surface area contributed by atoms with Gasteiger partial charge in [-0.3, -0.25) is 0 Å². The summed E-state index contributed by atoms with van der Waals surface area (Å²) in [6, 6.07) is 25.1. The standard InChI is InChI=1S/C24H22FN3O/c25-19-8-4-5-9-20(19)27-24(29)28-21-14-26-15-22(28)23(21)18-12-10-17(11-13-18)16-6-2-1-3-7-16/h1-13,21-23,26H,14-15H2,(H,27,29)/t21-,22+,23?. The highest BCUT2D eigenvalue weighted by molar-refractivity contribution is 5.91. The number of halogens is 1. The van der Waals surface area contributed by atoms with E-state index >= 15 is 0 Å². The molecule has 0 radical (unpaired) electrons. The fourth-order valence-corrected chi connectivity index (χ4v) is 4.59. The Kier molecular flexibility index (Phi) is 4.52. The maximum Gasteiger partial charge on any atom is 0.322 e. The molecule has 2 saturated heterocycles. The number of nitrogens with zero attached hydrogens (tertiary/aromatic N) is 1. The highest BCUT2D eigenvalue weighted by atomic mass is 19.1. The van der Waals surface area contributed by atoms with Crippen molar-refractivity contribution in [2.45, 2.75) is 18.0 Å². The van der Waals surface area contributed by atoms with Crippen LogP contribution in [0.3, 0.4) is 0 Å². The van der Waals surface area contributed by atoms with Gasteiger partial charge in [-0.25, -0.2) is 9.18 Å². The van der Waals surface area contributed by atoms with Crippen LogP contribution in [0.4, 0.5) is 14.9 Å². The molecule has 2 amide bonds. The van der Waals surface area contributed by atoms with Crippen molar-refractivity contribution < 1.29 is 9.18 Å². The Morgan fingerprint density at radius 3 is 2.17 bits per heavy atom. The summed E-state index contributed by atoms with van der Waals surface area (Å²) in [4.78, 5) is 14.7. The van der Waals surface area contributed by atoms with Crippen LogP contribution in [0.15, 0.2) is 78.9 Å². The molecule has 146 valence electrons. The monoisotopic (exact) mass is 387 g/mol. The molecule has 2 N–H and O–H groups in total. The third kappa shape index (κ3) is 3.17. The number of hydrogen-bond donors (Lipinski definition) is 2. The van der Waals surface area contributed by atoms with Gasteiger partial charge in [-0.15, -0.1) is 0 Å². The summed E-state index contributed by atoms with van der Waals surface area (Å²) in [6.45, 7) is 1.48. The number of carbonyl (C=O) groups is 1. The normalized spacial score (nSPS) is 22.7. The second-order valence-electron chi connectivity index (χ2n) is 7.62. The number of nitrogens with one attached hydrogen (secondary N) is 2. The topological polar surface area (TPSA) is 44.4 Å². The number of piperazine rings is 1. The molecule has 29 heavy (non-hydrogen) atoms. The number of benzene rings is 3. The molecule has 2 fully saturated rings. The van der Waals surface area contributed by atoms with E-state index in [1.165, 1.54) is 22.8 Å². The van der Waals surface area contributed by atoms with Crippen LogP contribution in [0.5, 0.6) is 0 Å². The number of hydrogen-bond acceptors (Lipinski definition) is 2. The summed E-state index contributed by atoms with van der Waals surface area (Å²) < 4.78 is 13.9. The first-order valence-electron chi connectivity index (χ1n) is 9.92. The van der Waals surface area contributed by atoms with E-state index in [9.17, 15) is 9.18 Å². The molecule has 5 rings (SSSR count). The average Bonchev–Trinajstić information content (AvgIpc) is 2.77. The van der Waals surface area contributed by atoms with Crippen LogP contribution in [0.2, 0.25) is 0 Å². The second kappa shape index (κ2) is 7.33. The summed E-state index contributed by atoms with van der Waals surface area (Å²) in [5, 5.41) is 6.11. The van der Waals surface area contributed by atoms with E-state index in [2.05, 4.69) is 47.0 Å². The number of para-hydroxylation sites is 1. The summed E-state index contributed by atoms with van der Waals surface area (Å²) in [5.41, 5.74) is 3.85. The van der Waals surface area contributed by atoms with Gasteiger partial charge in [0.25, 0.3) is 0 Å². The molecule has 0 spiro atoms. The number of fused-ring (bicyclic) bond motifs is 2. The zero-order chi connectivity index (χ0) is 19.8. The maximum absolute atomic E-state index is 13.9. The van der Waals surface area contributed by atoms with Crippen LogP contribution in [-0.4, -0.2) is 36.1 Å². The number of piperidine rings is 1. The summed E-state index contributed by atoms with van der Waals surface area (Å²) in [7, 11) is 0. The first-order valence-corrected chi connectivity index (χ1v) is 9.92. The zero-order valence-corrected chi connectivity index (χ0v) is 15.9. The molecular weight excluding hydrogens is 365 g/mol. The number of rotatable bonds is 3. The van der Waals surface area contributed by atoms with Gasteiger partial charge in [-0.05, 0) is 28.8 Å². The van der Waals surface area contributed by atoms with Crippen LogP contribution < -0.4 is 10.6 Å². The molecule has 2 heterocycles. The highest BCUT2D eigenvalue weighted by Crippen LogP contribution is 2.43. The highest BCUT2D eigenvalue weighted by Gasteiger charge is 2.53. The van der Waals surface area contributed by atoms with Crippen molar-refractivity contribution >= 4 is 11.7 Å². The lowest BCUT2D eigenvalue weighted by molar-refractivity contribution is 0.00199. The number of carbonyl (C=O) groups excluding carboxylic acids is 1. The predicted octanol–water partition coefficient (Wildman–Crippen LogP) is 4.46. The minimum atomic E-state index is -0.419. The maximum atomic E-state index is 13.9. The Morgan fingerprint density at radius 1 is 0.862 bits per heavy atom. The molecule has 2 aliphatic rings. The van der Waals surface area contributed by atoms with Crippen LogP contribution in [0.25, 0.3) is 11.1 Å². The van der Waals surface area contributed by atoms with E-state index in [1.807, 2.05) is 23.1 Å². The molecule has 0 aliphatic carbocycles. The van der Waals surface area contributed by atoms with Crippen LogP contribution in [0.1, 0.15) is 11.5 Å². The van der Waals surface area contributed by atoms with E-state index in [-0.39, 0.29) is 23.8 Å². The van der Waals surface area contributed by atoms with Crippen molar-refractivity contribution in [2.75, 3.05) is 18.4 Å². The molecule has 0 saturated carbocycles. The van der Waals surface area contributed by atoms with Gasteiger partial charge in [0, 0.05) is 19.0 Å². The molecule has 0 aromatic heterocycles. The average molecular weight is 387 g/mol. The predicted molar refractivity (Wildman–Crippen MR) is 112 cm³/mol. The van der Waals surface area contributed by atoms with Gasteiger partial charge >= 0.3 is 6.03 Å². The molecule has 3 aromatic rings. The van der Waals surface area contributed by atoms with Gasteiger partial charge in [0.05, 0.1) is 17.8 Å². The Balaban J connectivity index is 1.33. The minimum absolute atomic E-state index is 0.0723. The van der Waals surface area contributed by atoms with Gasteiger partial charge in [0.1, 0.15) is 5.82 Å². The molecular formula is C24H22FN3O. The van der Waals surface area contributed by atoms with E-state index in [1.54, 1.807) is 18.2 Å². The molecule has 5 heteroatoms. The first-order chi connectivity index (χ1) is 14.2. The van der Waals surface area contributed by atoms with Crippen LogP contribution in [-0.2, 0) is 0 Å². The van der Waals surface area contributed by atoms with Crippen LogP contribution in [0, 0.1) is 5.82 Å². The van der Waals surface area contributed by atoms with Gasteiger partial charge in [-0.2, -0.15) is 0 Å². The fourth-order valence-electron chi connectivity index (χ4n) is 4.59. The summed E-state index contributed by atoms with van der Waals surface area (Å²) >= 11 is 0. The van der Waals surface area contributed by atoms with Crippen LogP contribution >= 0.6 is 0 Å². The van der Waals surface area contributed by atoms with Crippen molar-refractivity contribution in [3.8, 4) is 11.1 Å². The van der Waals surface area contributed by atoms with E-state index in [4.69, 9.17) is 0 Å². The Labute approximate surface area is 169 Å². The SMILES string of the molecule is O=C(Nc1ccccc1F)N1[C@@H]2CNC[C@H]1C2c1ccc(-c2ccccc2)cc1. The van der Waals surface area contributed by atoms with Crippen molar-refractivity contribution in [3.05, 3.63) is 90.2 Å². The largest absolute Gasteiger partial charge is 0.322 e. The number of anilines is 1. The lowest BCUT2D eigenvalue weighted by Crippen LogP contribution is -2.74. The molecule has 3 atom stereocenters. The van der Waals surface area contributed by atoms with Crippen molar-refractivity contribution in [3.63, 3.8) is 0 Å². The molecule has 4 nitrogen and oxygen atoms in total. The van der Waals surface area contributed by atoms with Crippen molar-refractivity contribution in [1.29, 1.82) is 0 Å². The van der Waals surface area contributed by atoms with Gasteiger partial charge < -0.3 is 15.5 Å². The Bertz CT molecular complexity index is 1010. The van der Waals surface area contributed by atoms with Crippen molar-refractivity contribution in [1.82, 2.24) is 10.2 Å². The van der Waals surface area contributed by atoms with Gasteiger partial charge in [0.2, 0.25) is 0 Å². The Morgan fingerprint density at radius 2 is 1.48 bits per heavy atom. The smallest absolute Gasteiger partial charge is 0.315 e. The first kappa shape index (κ1) is 17.9. The summed E-state index contributed by atoms with van der Waals surface area (Å²) in [6.07, 6.45) is 0. The lowest BCUT2D eigenvalue weighted by Gasteiger charge is -2.59. The van der Waals surface area contributed by atoms with E-state index < -0.39 is 5.82 Å². The lowest BCUT2D eigenvalue weighted by atomic mass is 9.72. The third-order valence-corrected chi connectivity index (χ3v) is 6.00. The number of urea groups is 1. The fraction of sp³-hybridized carbons (Fsp3) is 0.208. The van der Waals surface area contributed by atoms with Gasteiger partial charge in [-0.1, -0.05) is 66.7 Å².